The Labute approximate surface area is 125 Å². The predicted octanol–water partition coefficient (Wildman–Crippen LogP) is 1.78. The van der Waals surface area contributed by atoms with Gasteiger partial charge in [0.1, 0.15) is 0 Å². The number of rotatable bonds is 5. The number of carboxylic acids is 1. The van der Waals surface area contributed by atoms with E-state index in [4.69, 9.17) is 5.73 Å². The van der Waals surface area contributed by atoms with Crippen molar-refractivity contribution in [2.75, 3.05) is 0 Å². The molecule has 6 heteroatoms. The summed E-state index contributed by atoms with van der Waals surface area (Å²) < 4.78 is 0. The summed E-state index contributed by atoms with van der Waals surface area (Å²) in [4.78, 5) is 45.5. The van der Waals surface area contributed by atoms with E-state index in [2.05, 4.69) is 0 Å². The normalized spacial score (nSPS) is 10.0. The molecule has 0 aliphatic heterocycles. The number of amides is 1. The molecule has 2 aromatic carbocycles. The molecular weight excluding hydrogens is 286 g/mol. The highest BCUT2D eigenvalue weighted by molar-refractivity contribution is 6.13. The molecule has 3 N–H and O–H groups in total. The molecule has 0 saturated carbocycles. The number of carbonyl (C=O) groups is 4. The number of nitrogens with two attached hydrogens (primary N) is 1. The fourth-order valence-corrected chi connectivity index (χ4v) is 2.25. The maximum absolute atomic E-state index is 11.5. The Morgan fingerprint density at radius 3 is 2.05 bits per heavy atom. The van der Waals surface area contributed by atoms with Gasteiger partial charge in [0.25, 0.3) is 0 Å². The van der Waals surface area contributed by atoms with E-state index >= 15 is 0 Å². The Balaban J connectivity index is 2.95. The molecule has 1 amide bonds. The minimum atomic E-state index is -1.50. The molecule has 0 bridgehead atoms. The van der Waals surface area contributed by atoms with E-state index < -0.39 is 17.4 Å². The van der Waals surface area contributed by atoms with Crippen molar-refractivity contribution in [2.24, 2.45) is 5.73 Å². The fraction of sp³-hybridized carbons (Fsp3) is 0. The molecule has 0 atom stereocenters. The molecule has 0 spiro atoms. The first-order chi connectivity index (χ1) is 10.5. The Morgan fingerprint density at radius 1 is 1.00 bits per heavy atom. The van der Waals surface area contributed by atoms with E-state index in [0.717, 1.165) is 0 Å². The zero-order valence-corrected chi connectivity index (χ0v) is 11.3. The Morgan fingerprint density at radius 2 is 1.59 bits per heavy atom. The predicted molar refractivity (Wildman–Crippen MR) is 78.1 cm³/mol. The minimum Gasteiger partial charge on any atom is -0.478 e. The third kappa shape index (κ3) is 2.49. The van der Waals surface area contributed by atoms with Crippen molar-refractivity contribution in [1.29, 1.82) is 0 Å². The maximum Gasteiger partial charge on any atom is 0.337 e. The summed E-state index contributed by atoms with van der Waals surface area (Å²) in [6.07, 6.45) is 0.634. The molecule has 0 aliphatic carbocycles. The highest BCUT2D eigenvalue weighted by atomic mass is 16.4. The number of aromatic carboxylic acids is 1. The quantitative estimate of drug-likeness (QED) is 0.816. The number of benzene rings is 2. The first-order valence-corrected chi connectivity index (χ1v) is 6.21. The van der Waals surface area contributed by atoms with Crippen LogP contribution >= 0.6 is 0 Å². The molecular formula is C16H11NO5. The van der Waals surface area contributed by atoms with Crippen LogP contribution in [0.15, 0.2) is 36.4 Å². The van der Waals surface area contributed by atoms with Crippen molar-refractivity contribution in [3.8, 4) is 11.1 Å². The molecule has 6 nitrogen and oxygen atoms in total. The van der Waals surface area contributed by atoms with E-state index in [0.29, 0.717) is 11.8 Å². The molecule has 22 heavy (non-hydrogen) atoms. The molecule has 0 radical (unpaired) electrons. The van der Waals surface area contributed by atoms with Gasteiger partial charge in [-0.05, 0) is 17.2 Å². The minimum absolute atomic E-state index is 0.0939. The second kappa shape index (κ2) is 6.01. The number of hydrogen-bond acceptors (Lipinski definition) is 4. The van der Waals surface area contributed by atoms with Crippen molar-refractivity contribution in [3.05, 3.63) is 58.7 Å². The van der Waals surface area contributed by atoms with Crippen LogP contribution in [0.3, 0.4) is 0 Å². The highest BCUT2D eigenvalue weighted by Gasteiger charge is 2.25. The molecule has 2 aromatic rings. The van der Waals surface area contributed by atoms with Crippen LogP contribution in [0.5, 0.6) is 0 Å². The molecule has 0 fully saturated rings. The van der Waals surface area contributed by atoms with E-state index in [9.17, 15) is 24.3 Å². The molecule has 110 valence electrons. The fourth-order valence-electron chi connectivity index (χ4n) is 2.25. The highest BCUT2D eigenvalue weighted by Crippen LogP contribution is 2.29. The molecule has 0 saturated heterocycles. The van der Waals surface area contributed by atoms with Crippen LogP contribution < -0.4 is 5.73 Å². The molecule has 0 aliphatic rings. The van der Waals surface area contributed by atoms with Gasteiger partial charge in [-0.3, -0.25) is 14.4 Å². The molecule has 2 rings (SSSR count). The average molecular weight is 297 g/mol. The summed E-state index contributed by atoms with van der Waals surface area (Å²) in [5.74, 6) is -2.49. The Kier molecular flexibility index (Phi) is 4.13. The summed E-state index contributed by atoms with van der Waals surface area (Å²) in [7, 11) is 0. The van der Waals surface area contributed by atoms with E-state index in [-0.39, 0.29) is 28.5 Å². The van der Waals surface area contributed by atoms with Gasteiger partial charge < -0.3 is 10.8 Å². The van der Waals surface area contributed by atoms with Crippen molar-refractivity contribution in [1.82, 2.24) is 0 Å². The lowest BCUT2D eigenvalue weighted by atomic mass is 9.89. The van der Waals surface area contributed by atoms with Gasteiger partial charge >= 0.3 is 5.97 Å². The topological polar surface area (TPSA) is 115 Å². The Bertz CT molecular complexity index is 781. The van der Waals surface area contributed by atoms with Gasteiger partial charge in [-0.15, -0.1) is 0 Å². The standard InChI is InChI=1S/C16H11NO5/c17-15(20)11-6-10(9-4-2-1-3-5-9)12(7-18)13(8-19)14(11)16(21)22/h1-8H,(H2,17,20)(H,21,22). The van der Waals surface area contributed by atoms with E-state index in [1.165, 1.54) is 6.07 Å². The van der Waals surface area contributed by atoms with Crippen molar-refractivity contribution in [2.45, 2.75) is 0 Å². The van der Waals surface area contributed by atoms with Crippen molar-refractivity contribution < 1.29 is 24.3 Å². The third-order valence-electron chi connectivity index (χ3n) is 3.21. The maximum atomic E-state index is 11.5. The van der Waals surface area contributed by atoms with Gasteiger partial charge in [0.15, 0.2) is 12.6 Å². The second-order valence-corrected chi connectivity index (χ2v) is 4.45. The van der Waals surface area contributed by atoms with Gasteiger partial charge in [0, 0.05) is 11.1 Å². The largest absolute Gasteiger partial charge is 0.478 e. The first kappa shape index (κ1) is 15.1. The second-order valence-electron chi connectivity index (χ2n) is 4.45. The average Bonchev–Trinajstić information content (AvgIpc) is 2.53. The molecule has 0 aromatic heterocycles. The smallest absolute Gasteiger partial charge is 0.337 e. The van der Waals surface area contributed by atoms with E-state index in [1.807, 2.05) is 0 Å². The van der Waals surface area contributed by atoms with Gasteiger partial charge in [-0.2, -0.15) is 0 Å². The zero-order valence-electron chi connectivity index (χ0n) is 11.3. The number of hydrogen-bond donors (Lipinski definition) is 2. The monoisotopic (exact) mass is 297 g/mol. The van der Waals surface area contributed by atoms with Crippen LogP contribution in [0.1, 0.15) is 41.4 Å². The SMILES string of the molecule is NC(=O)c1cc(-c2ccccc2)c(C=O)c(C=O)c1C(=O)O. The van der Waals surface area contributed by atoms with Crippen LogP contribution in [-0.2, 0) is 0 Å². The summed E-state index contributed by atoms with van der Waals surface area (Å²) in [5.41, 5.74) is 4.70. The molecule has 0 unspecified atom stereocenters. The summed E-state index contributed by atoms with van der Waals surface area (Å²) >= 11 is 0. The number of carboxylic acid groups (broad SMARTS) is 1. The van der Waals surface area contributed by atoms with Gasteiger partial charge in [0.2, 0.25) is 5.91 Å². The lowest BCUT2D eigenvalue weighted by Crippen LogP contribution is -2.20. The molecule has 0 heterocycles. The zero-order chi connectivity index (χ0) is 16.3. The lowest BCUT2D eigenvalue weighted by molar-refractivity contribution is 0.0689. The summed E-state index contributed by atoms with van der Waals surface area (Å²) in [6.45, 7) is 0. The summed E-state index contributed by atoms with van der Waals surface area (Å²) in [6, 6.07) is 9.73. The lowest BCUT2D eigenvalue weighted by Gasteiger charge is -2.13. The van der Waals surface area contributed by atoms with Crippen molar-refractivity contribution >= 4 is 24.4 Å². The number of carbonyl (C=O) groups excluding carboxylic acids is 3. The van der Waals surface area contributed by atoms with Crippen LogP contribution in [0.2, 0.25) is 0 Å². The first-order valence-electron chi connectivity index (χ1n) is 6.21. The van der Waals surface area contributed by atoms with Gasteiger partial charge in [-0.25, -0.2) is 4.79 Å². The van der Waals surface area contributed by atoms with Gasteiger partial charge in [-0.1, -0.05) is 30.3 Å². The van der Waals surface area contributed by atoms with Crippen LogP contribution in [0, 0.1) is 0 Å². The van der Waals surface area contributed by atoms with Crippen molar-refractivity contribution in [3.63, 3.8) is 0 Å². The van der Waals surface area contributed by atoms with Gasteiger partial charge in [0.05, 0.1) is 11.1 Å². The Hall–Kier alpha value is -3.28. The van der Waals surface area contributed by atoms with E-state index in [1.54, 1.807) is 30.3 Å². The summed E-state index contributed by atoms with van der Waals surface area (Å²) in [5, 5.41) is 9.23. The van der Waals surface area contributed by atoms with Crippen LogP contribution in [0.25, 0.3) is 11.1 Å². The van der Waals surface area contributed by atoms with Crippen LogP contribution in [0.4, 0.5) is 0 Å². The van der Waals surface area contributed by atoms with Crippen LogP contribution in [-0.4, -0.2) is 29.6 Å². The number of primary amides is 1. The number of aldehydes is 2. The third-order valence-corrected chi connectivity index (χ3v) is 3.21.